The first-order chi connectivity index (χ1) is 11.3. The third kappa shape index (κ3) is 4.50. The number of thiol groups is 1. The molecule has 0 amide bonds. The standard InChI is InChI=1S/C17H17ClN4S.ClH/c18-14-6-2-1-4-12(14)7-10-20-17-13-5-3-9-19-16(13)21-15(22-17)8-11-23;/h1-6,9,23H,7-8,10-11H2,(H,19,20,21,22);1H. The molecule has 2 heterocycles. The fraction of sp³-hybridized carbons (Fsp3) is 0.235. The smallest absolute Gasteiger partial charge is 0.164 e. The fourth-order valence-corrected chi connectivity index (χ4v) is 2.80. The number of nitrogens with one attached hydrogen (secondary N) is 1. The third-order valence-electron chi connectivity index (χ3n) is 3.50. The topological polar surface area (TPSA) is 50.7 Å². The molecule has 0 bridgehead atoms. The minimum absolute atomic E-state index is 0. The van der Waals surface area contributed by atoms with Crippen LogP contribution in [0.15, 0.2) is 42.6 Å². The van der Waals surface area contributed by atoms with Crippen LogP contribution in [0.25, 0.3) is 11.0 Å². The number of hydrogen-bond donors (Lipinski definition) is 2. The Balaban J connectivity index is 0.00000208. The van der Waals surface area contributed by atoms with Gasteiger partial charge in [0.15, 0.2) is 5.65 Å². The zero-order chi connectivity index (χ0) is 16.1. The molecular formula is C17H18Cl2N4S. The molecule has 1 aromatic carbocycles. The van der Waals surface area contributed by atoms with Gasteiger partial charge in [-0.3, -0.25) is 0 Å². The van der Waals surface area contributed by atoms with Crippen molar-refractivity contribution in [3.8, 4) is 0 Å². The fourth-order valence-electron chi connectivity index (χ4n) is 2.37. The monoisotopic (exact) mass is 380 g/mol. The summed E-state index contributed by atoms with van der Waals surface area (Å²) in [6.45, 7) is 0.741. The van der Waals surface area contributed by atoms with Gasteiger partial charge in [0.05, 0.1) is 5.39 Å². The molecule has 0 spiro atoms. The Morgan fingerprint density at radius 2 is 1.88 bits per heavy atom. The summed E-state index contributed by atoms with van der Waals surface area (Å²) in [6.07, 6.45) is 3.29. The number of aromatic nitrogens is 3. The van der Waals surface area contributed by atoms with E-state index in [4.69, 9.17) is 11.6 Å². The summed E-state index contributed by atoms with van der Waals surface area (Å²) >= 11 is 10.5. The molecule has 4 nitrogen and oxygen atoms in total. The summed E-state index contributed by atoms with van der Waals surface area (Å²) in [4.78, 5) is 13.4. The largest absolute Gasteiger partial charge is 0.369 e. The Labute approximate surface area is 157 Å². The van der Waals surface area contributed by atoms with Gasteiger partial charge < -0.3 is 5.32 Å². The zero-order valence-corrected chi connectivity index (χ0v) is 15.4. The maximum Gasteiger partial charge on any atom is 0.164 e. The van der Waals surface area contributed by atoms with Crippen LogP contribution in [-0.4, -0.2) is 27.2 Å². The molecule has 0 aliphatic carbocycles. The minimum atomic E-state index is 0. The van der Waals surface area contributed by atoms with Gasteiger partial charge in [-0.05, 0) is 35.9 Å². The predicted octanol–water partition coefficient (Wildman–Crippen LogP) is 4.23. The van der Waals surface area contributed by atoms with Crippen LogP contribution in [0.5, 0.6) is 0 Å². The van der Waals surface area contributed by atoms with E-state index in [-0.39, 0.29) is 12.4 Å². The SMILES string of the molecule is Cl.SCCc1nc(NCCc2ccccc2Cl)c2cccnc2n1. The number of rotatable bonds is 6. The quantitative estimate of drug-likeness (QED) is 0.628. The van der Waals surface area contributed by atoms with E-state index >= 15 is 0 Å². The molecule has 0 radical (unpaired) electrons. The van der Waals surface area contributed by atoms with Crippen LogP contribution >= 0.6 is 36.6 Å². The number of anilines is 1. The molecule has 0 fully saturated rings. The molecule has 0 atom stereocenters. The second kappa shape index (κ2) is 9.06. The Bertz CT molecular complexity index is 813. The summed E-state index contributed by atoms with van der Waals surface area (Å²) in [7, 11) is 0. The molecule has 3 rings (SSSR count). The highest BCUT2D eigenvalue weighted by molar-refractivity contribution is 7.80. The summed E-state index contributed by atoms with van der Waals surface area (Å²) in [6, 6.07) is 11.7. The molecule has 3 aromatic rings. The van der Waals surface area contributed by atoms with Crippen LogP contribution in [0, 0.1) is 0 Å². The van der Waals surface area contributed by atoms with Crippen molar-refractivity contribution in [2.24, 2.45) is 0 Å². The molecule has 1 N–H and O–H groups in total. The van der Waals surface area contributed by atoms with Gasteiger partial charge in [0.1, 0.15) is 11.6 Å². The predicted molar refractivity (Wildman–Crippen MR) is 106 cm³/mol. The number of benzene rings is 1. The lowest BCUT2D eigenvalue weighted by Crippen LogP contribution is -2.10. The maximum absolute atomic E-state index is 6.20. The first kappa shape index (κ1) is 18.8. The molecule has 0 saturated heterocycles. The van der Waals surface area contributed by atoms with Gasteiger partial charge in [-0.15, -0.1) is 12.4 Å². The summed E-state index contributed by atoms with van der Waals surface area (Å²) < 4.78 is 0. The minimum Gasteiger partial charge on any atom is -0.369 e. The van der Waals surface area contributed by atoms with Crippen molar-refractivity contribution in [1.82, 2.24) is 15.0 Å². The van der Waals surface area contributed by atoms with Crippen LogP contribution < -0.4 is 5.32 Å². The number of halogens is 2. The third-order valence-corrected chi connectivity index (χ3v) is 4.09. The Morgan fingerprint density at radius 1 is 1.04 bits per heavy atom. The molecule has 126 valence electrons. The van der Waals surface area contributed by atoms with Crippen molar-refractivity contribution >= 4 is 53.5 Å². The number of nitrogens with zero attached hydrogens (tertiary/aromatic N) is 3. The van der Waals surface area contributed by atoms with Crippen molar-refractivity contribution < 1.29 is 0 Å². The number of fused-ring (bicyclic) bond motifs is 1. The highest BCUT2D eigenvalue weighted by Crippen LogP contribution is 2.20. The van der Waals surface area contributed by atoms with Crippen LogP contribution in [0.2, 0.25) is 5.02 Å². The normalized spacial score (nSPS) is 10.4. The molecule has 0 aliphatic heterocycles. The van der Waals surface area contributed by atoms with Crippen molar-refractivity contribution in [1.29, 1.82) is 0 Å². The molecule has 2 aromatic heterocycles. The first-order valence-corrected chi connectivity index (χ1v) is 8.49. The average Bonchev–Trinajstić information content (AvgIpc) is 2.57. The first-order valence-electron chi connectivity index (χ1n) is 7.47. The van der Waals surface area contributed by atoms with Crippen molar-refractivity contribution in [3.05, 3.63) is 59.0 Å². The van der Waals surface area contributed by atoms with Gasteiger partial charge in [-0.25, -0.2) is 15.0 Å². The van der Waals surface area contributed by atoms with Crippen molar-refractivity contribution in [3.63, 3.8) is 0 Å². The van der Waals surface area contributed by atoms with E-state index in [1.165, 1.54) is 0 Å². The summed E-state index contributed by atoms with van der Waals surface area (Å²) in [5, 5.41) is 5.10. The lowest BCUT2D eigenvalue weighted by molar-refractivity contribution is 0.945. The molecule has 24 heavy (non-hydrogen) atoms. The number of aryl methyl sites for hydroxylation is 1. The summed E-state index contributed by atoms with van der Waals surface area (Å²) in [5.74, 6) is 2.27. The van der Waals surface area contributed by atoms with Gasteiger partial charge in [-0.2, -0.15) is 12.6 Å². The second-order valence-electron chi connectivity index (χ2n) is 5.10. The molecule has 0 aliphatic rings. The van der Waals surface area contributed by atoms with Crippen LogP contribution in [-0.2, 0) is 12.8 Å². The van der Waals surface area contributed by atoms with Gasteiger partial charge in [0.25, 0.3) is 0 Å². The van der Waals surface area contributed by atoms with E-state index < -0.39 is 0 Å². The van der Waals surface area contributed by atoms with Gasteiger partial charge in [-0.1, -0.05) is 29.8 Å². The Kier molecular flexibility index (Phi) is 7.09. The number of pyridine rings is 1. The highest BCUT2D eigenvalue weighted by atomic mass is 35.5. The van der Waals surface area contributed by atoms with Crippen molar-refractivity contribution in [2.45, 2.75) is 12.8 Å². The Morgan fingerprint density at radius 3 is 2.67 bits per heavy atom. The maximum atomic E-state index is 6.20. The second-order valence-corrected chi connectivity index (χ2v) is 5.96. The lowest BCUT2D eigenvalue weighted by Gasteiger charge is -2.10. The van der Waals surface area contributed by atoms with Gasteiger partial charge >= 0.3 is 0 Å². The van der Waals surface area contributed by atoms with E-state index in [9.17, 15) is 0 Å². The van der Waals surface area contributed by atoms with E-state index in [2.05, 4.69) is 32.9 Å². The highest BCUT2D eigenvalue weighted by Gasteiger charge is 2.08. The van der Waals surface area contributed by atoms with E-state index in [0.717, 1.165) is 47.0 Å². The van der Waals surface area contributed by atoms with E-state index in [0.29, 0.717) is 11.4 Å². The zero-order valence-electron chi connectivity index (χ0n) is 12.9. The van der Waals surface area contributed by atoms with E-state index in [1.807, 2.05) is 36.4 Å². The molecule has 0 saturated carbocycles. The average molecular weight is 381 g/mol. The summed E-state index contributed by atoms with van der Waals surface area (Å²) in [5.41, 5.74) is 1.83. The van der Waals surface area contributed by atoms with E-state index in [1.54, 1.807) is 6.20 Å². The molecule has 0 unspecified atom stereocenters. The van der Waals surface area contributed by atoms with Crippen LogP contribution in [0.1, 0.15) is 11.4 Å². The lowest BCUT2D eigenvalue weighted by atomic mass is 10.1. The molecule has 7 heteroatoms. The van der Waals surface area contributed by atoms with Gasteiger partial charge in [0.2, 0.25) is 0 Å². The van der Waals surface area contributed by atoms with Gasteiger partial charge in [0, 0.05) is 24.2 Å². The number of hydrogen-bond acceptors (Lipinski definition) is 5. The van der Waals surface area contributed by atoms with Crippen molar-refractivity contribution in [2.75, 3.05) is 17.6 Å². The van der Waals surface area contributed by atoms with Crippen LogP contribution in [0.4, 0.5) is 5.82 Å². The Hall–Kier alpha value is -1.56. The molecular weight excluding hydrogens is 363 g/mol. The van der Waals surface area contributed by atoms with Crippen LogP contribution in [0.3, 0.4) is 0 Å².